The molecule has 1 heteroatoms. The summed E-state index contributed by atoms with van der Waals surface area (Å²) in [4.78, 5) is 0. The quantitative estimate of drug-likeness (QED) is 0.389. The molecule has 0 unspecified atom stereocenters. The third-order valence-corrected chi connectivity index (χ3v) is 0.262. The molecule has 0 heterocycles. The second kappa shape index (κ2) is 8.89. The number of hydrogen-bond donors (Lipinski definition) is 1. The Balaban J connectivity index is 0. The first-order valence-corrected chi connectivity index (χ1v) is 1.84. The van der Waals surface area contributed by atoms with Gasteiger partial charge in [-0.1, -0.05) is 13.2 Å². The Hall–Kier alpha value is -0.980. The zero-order valence-electron chi connectivity index (χ0n) is 4.48. The second-order valence-electron chi connectivity index (χ2n) is 0.779. The van der Waals surface area contributed by atoms with Crippen LogP contribution in [0.1, 0.15) is 0 Å². The molecule has 0 aromatic heterocycles. The fraction of sp³-hybridized carbons (Fsp3) is 0. The van der Waals surface area contributed by atoms with Crippen LogP contribution in [0.15, 0.2) is 38.1 Å². The molecule has 2 N–H and O–H groups in total. The minimum atomic E-state index is 0.519. The van der Waals surface area contributed by atoms with Crippen LogP contribution in [0.2, 0.25) is 0 Å². The summed E-state index contributed by atoms with van der Waals surface area (Å²) in [7, 11) is 0. The third kappa shape index (κ3) is 44.0. The minimum absolute atomic E-state index is 0.519. The third-order valence-electron chi connectivity index (χ3n) is 0.262. The van der Waals surface area contributed by atoms with E-state index in [1.165, 1.54) is 6.08 Å². The van der Waals surface area contributed by atoms with Crippen LogP contribution < -0.4 is 5.73 Å². The maximum Gasteiger partial charge on any atom is 0.0234 e. The van der Waals surface area contributed by atoms with Crippen LogP contribution in [0.5, 0.6) is 0 Å². The standard InChI is InChI=1S/C4H7N.C2H4/c1-3-4(2)5;1-2/h3H,1-2,5H2;1-2H2. The van der Waals surface area contributed by atoms with Gasteiger partial charge in [0.05, 0.1) is 0 Å². The summed E-state index contributed by atoms with van der Waals surface area (Å²) in [5.41, 5.74) is 5.50. The molecule has 0 bridgehead atoms. The summed E-state index contributed by atoms with van der Waals surface area (Å²) in [5.74, 6) is 0. The van der Waals surface area contributed by atoms with Crippen molar-refractivity contribution in [3.8, 4) is 0 Å². The molecular weight excluding hydrogens is 86.1 g/mol. The van der Waals surface area contributed by atoms with E-state index in [4.69, 9.17) is 5.73 Å². The van der Waals surface area contributed by atoms with Crippen LogP contribution in [-0.2, 0) is 0 Å². The maximum atomic E-state index is 4.98. The van der Waals surface area contributed by atoms with Crippen LogP contribution in [0.4, 0.5) is 0 Å². The Labute approximate surface area is 44.8 Å². The SMILES string of the molecule is C=C.C=CC(=C)N. The van der Waals surface area contributed by atoms with Crippen molar-refractivity contribution in [2.24, 2.45) is 5.73 Å². The Morgan fingerprint density at radius 1 is 1.43 bits per heavy atom. The van der Waals surface area contributed by atoms with E-state index in [1.54, 1.807) is 0 Å². The van der Waals surface area contributed by atoms with Gasteiger partial charge in [-0.05, 0) is 6.08 Å². The summed E-state index contributed by atoms with van der Waals surface area (Å²) in [6.07, 6.45) is 1.50. The molecule has 0 amide bonds. The largest absolute Gasteiger partial charge is 0.399 e. The van der Waals surface area contributed by atoms with Gasteiger partial charge < -0.3 is 5.73 Å². The van der Waals surface area contributed by atoms with E-state index in [2.05, 4.69) is 26.3 Å². The summed E-state index contributed by atoms with van der Waals surface area (Å²) in [6.45, 7) is 12.7. The molecule has 0 aliphatic carbocycles. The van der Waals surface area contributed by atoms with Crippen LogP contribution in [0, 0.1) is 0 Å². The first-order valence-electron chi connectivity index (χ1n) is 1.84. The van der Waals surface area contributed by atoms with Crippen molar-refractivity contribution in [3.05, 3.63) is 38.1 Å². The maximum absolute atomic E-state index is 4.98. The Morgan fingerprint density at radius 3 is 1.57 bits per heavy atom. The predicted octanol–water partition coefficient (Wildman–Crippen LogP) is 1.45. The van der Waals surface area contributed by atoms with Gasteiger partial charge in [-0.3, -0.25) is 0 Å². The molecule has 0 saturated heterocycles. The van der Waals surface area contributed by atoms with Crippen molar-refractivity contribution in [1.82, 2.24) is 0 Å². The van der Waals surface area contributed by atoms with E-state index in [1.807, 2.05) is 0 Å². The number of allylic oxidation sites excluding steroid dienone is 1. The Morgan fingerprint density at radius 2 is 1.57 bits per heavy atom. The molecule has 0 radical (unpaired) electrons. The van der Waals surface area contributed by atoms with E-state index in [9.17, 15) is 0 Å². The predicted molar refractivity (Wildman–Crippen MR) is 34.8 cm³/mol. The van der Waals surface area contributed by atoms with Crippen LogP contribution in [-0.4, -0.2) is 0 Å². The fourth-order valence-corrected chi connectivity index (χ4v) is 0. The van der Waals surface area contributed by atoms with Crippen molar-refractivity contribution in [2.75, 3.05) is 0 Å². The smallest absolute Gasteiger partial charge is 0.0234 e. The van der Waals surface area contributed by atoms with E-state index in [-0.39, 0.29) is 0 Å². The van der Waals surface area contributed by atoms with Crippen LogP contribution in [0.3, 0.4) is 0 Å². The van der Waals surface area contributed by atoms with Crippen molar-refractivity contribution >= 4 is 0 Å². The monoisotopic (exact) mass is 97.1 g/mol. The van der Waals surface area contributed by atoms with Gasteiger partial charge in [-0.15, -0.1) is 13.2 Å². The minimum Gasteiger partial charge on any atom is -0.399 e. The molecule has 0 aliphatic rings. The molecule has 40 valence electrons. The average molecular weight is 97.2 g/mol. The molecule has 0 aromatic rings. The Kier molecular flexibility index (Phi) is 11.9. The van der Waals surface area contributed by atoms with Crippen LogP contribution >= 0.6 is 0 Å². The zero-order chi connectivity index (χ0) is 6.28. The summed E-state index contributed by atoms with van der Waals surface area (Å²) in [5, 5.41) is 0. The second-order valence-corrected chi connectivity index (χ2v) is 0.779. The van der Waals surface area contributed by atoms with Gasteiger partial charge >= 0.3 is 0 Å². The van der Waals surface area contributed by atoms with Gasteiger partial charge in [0.25, 0.3) is 0 Å². The van der Waals surface area contributed by atoms with Gasteiger partial charge in [-0.2, -0.15) is 0 Å². The van der Waals surface area contributed by atoms with Gasteiger partial charge in [0.1, 0.15) is 0 Å². The van der Waals surface area contributed by atoms with Crippen LogP contribution in [0.25, 0.3) is 0 Å². The lowest BCUT2D eigenvalue weighted by atomic mass is 10.5. The van der Waals surface area contributed by atoms with Gasteiger partial charge in [0.15, 0.2) is 0 Å². The van der Waals surface area contributed by atoms with E-state index in [0.717, 1.165) is 0 Å². The molecule has 0 atom stereocenters. The molecule has 0 saturated carbocycles. The molecule has 1 nitrogen and oxygen atoms in total. The average Bonchev–Trinajstić information content (AvgIpc) is 1.73. The fourth-order valence-electron chi connectivity index (χ4n) is 0. The number of nitrogens with two attached hydrogens (primary N) is 1. The Bertz CT molecular complexity index is 64.6. The first-order chi connectivity index (χ1) is 3.27. The van der Waals surface area contributed by atoms with Gasteiger partial charge in [0.2, 0.25) is 0 Å². The molecule has 0 rings (SSSR count). The first kappa shape index (κ1) is 9.39. The highest BCUT2D eigenvalue weighted by atomic mass is 14.5. The summed E-state index contributed by atoms with van der Waals surface area (Å²) >= 11 is 0. The summed E-state index contributed by atoms with van der Waals surface area (Å²) < 4.78 is 0. The van der Waals surface area contributed by atoms with Crippen molar-refractivity contribution < 1.29 is 0 Å². The molecule has 7 heavy (non-hydrogen) atoms. The molecular formula is C6H11N. The zero-order valence-corrected chi connectivity index (χ0v) is 4.48. The van der Waals surface area contributed by atoms with Crippen molar-refractivity contribution in [3.63, 3.8) is 0 Å². The van der Waals surface area contributed by atoms with E-state index < -0.39 is 0 Å². The molecule has 0 aromatic carbocycles. The summed E-state index contributed by atoms with van der Waals surface area (Å²) in [6, 6.07) is 0. The lowest BCUT2D eigenvalue weighted by Crippen LogP contribution is -1.86. The lowest BCUT2D eigenvalue weighted by molar-refractivity contribution is 1.46. The lowest BCUT2D eigenvalue weighted by Gasteiger charge is -1.74. The molecule has 0 aliphatic heterocycles. The van der Waals surface area contributed by atoms with Gasteiger partial charge in [-0.25, -0.2) is 0 Å². The highest BCUT2D eigenvalue weighted by molar-refractivity contribution is 5.04. The molecule has 0 spiro atoms. The van der Waals surface area contributed by atoms with E-state index >= 15 is 0 Å². The van der Waals surface area contributed by atoms with Crippen molar-refractivity contribution in [1.29, 1.82) is 0 Å². The highest BCUT2D eigenvalue weighted by Gasteiger charge is 1.58. The van der Waals surface area contributed by atoms with Crippen molar-refractivity contribution in [2.45, 2.75) is 0 Å². The topological polar surface area (TPSA) is 26.0 Å². The highest BCUT2D eigenvalue weighted by Crippen LogP contribution is 1.69. The van der Waals surface area contributed by atoms with E-state index in [0.29, 0.717) is 5.70 Å². The normalized spacial score (nSPS) is 5.14. The number of hydrogen-bond acceptors (Lipinski definition) is 1. The molecule has 0 fully saturated rings. The van der Waals surface area contributed by atoms with Gasteiger partial charge in [0, 0.05) is 5.70 Å². The number of rotatable bonds is 1.